The summed E-state index contributed by atoms with van der Waals surface area (Å²) in [5.41, 5.74) is 8.13. The third-order valence-corrected chi connectivity index (χ3v) is 6.83. The maximum absolute atomic E-state index is 14.7. The summed E-state index contributed by atoms with van der Waals surface area (Å²) < 4.78 is 14.7. The van der Waals surface area contributed by atoms with Gasteiger partial charge in [-0.05, 0) is 81.5 Å². The van der Waals surface area contributed by atoms with E-state index in [4.69, 9.17) is 0 Å². The predicted octanol–water partition coefficient (Wildman–Crippen LogP) is 6.16. The normalized spacial score (nSPS) is 11.7. The third kappa shape index (κ3) is 5.59. The highest BCUT2D eigenvalue weighted by molar-refractivity contribution is 6.00. The lowest BCUT2D eigenvalue weighted by Gasteiger charge is -2.13. The first-order chi connectivity index (χ1) is 19.8. The van der Waals surface area contributed by atoms with Crippen LogP contribution in [0.3, 0.4) is 0 Å². The van der Waals surface area contributed by atoms with Crippen LogP contribution >= 0.6 is 0 Å². The van der Waals surface area contributed by atoms with E-state index in [2.05, 4.69) is 71.6 Å². The summed E-state index contributed by atoms with van der Waals surface area (Å²) >= 11 is 0. The number of anilines is 2. The Hall–Kier alpha value is -4.83. The predicted molar refractivity (Wildman–Crippen MR) is 163 cm³/mol. The number of likely N-dealkylation sites (N-methyl/N-ethyl adjacent to an activating group) is 1. The van der Waals surface area contributed by atoms with Gasteiger partial charge in [-0.1, -0.05) is 0 Å². The molecule has 10 heteroatoms. The number of H-pyrrole nitrogens is 2. The maximum Gasteiger partial charge on any atom is 0.155 e. The molecule has 0 unspecified atom stereocenters. The van der Waals surface area contributed by atoms with E-state index in [1.54, 1.807) is 12.3 Å². The molecule has 6 rings (SSSR count). The average Bonchev–Trinajstić information content (AvgIpc) is 3.56. The first-order valence-electron chi connectivity index (χ1n) is 13.6. The molecule has 0 atom stereocenters. The van der Waals surface area contributed by atoms with Crippen molar-refractivity contribution in [2.24, 2.45) is 0 Å². The summed E-state index contributed by atoms with van der Waals surface area (Å²) in [5.74, 6) is -0.297. The van der Waals surface area contributed by atoms with Gasteiger partial charge in [-0.15, -0.1) is 0 Å². The molecule has 0 radical (unpaired) electrons. The summed E-state index contributed by atoms with van der Waals surface area (Å²) in [6.07, 6.45) is 7.19. The number of benzene rings is 1. The lowest BCUT2D eigenvalue weighted by atomic mass is 10.0. The summed E-state index contributed by atoms with van der Waals surface area (Å²) in [7, 11) is 4.02. The topological polar surface area (TPSA) is 110 Å². The van der Waals surface area contributed by atoms with Gasteiger partial charge in [0.1, 0.15) is 17.2 Å². The first kappa shape index (κ1) is 26.4. The van der Waals surface area contributed by atoms with Gasteiger partial charge in [0.05, 0.1) is 11.4 Å². The second kappa shape index (κ2) is 11.0. The summed E-state index contributed by atoms with van der Waals surface area (Å²) in [5, 5.41) is 16.1. The number of fused-ring (bicyclic) bond motifs is 2. The molecular formula is C31H32FN9. The van der Waals surface area contributed by atoms with E-state index < -0.39 is 0 Å². The molecule has 5 aromatic heterocycles. The average molecular weight is 550 g/mol. The molecule has 0 saturated carbocycles. The number of hydrogen-bond acceptors (Lipinski definition) is 7. The van der Waals surface area contributed by atoms with Crippen molar-refractivity contribution < 1.29 is 4.39 Å². The maximum atomic E-state index is 14.7. The van der Waals surface area contributed by atoms with Crippen LogP contribution in [0.15, 0.2) is 67.3 Å². The molecule has 0 bridgehead atoms. The summed E-state index contributed by atoms with van der Waals surface area (Å²) in [6.45, 7) is 5.74. The van der Waals surface area contributed by atoms with Crippen LogP contribution in [0.25, 0.3) is 55.7 Å². The summed E-state index contributed by atoms with van der Waals surface area (Å²) in [6, 6.07) is 13.4. The minimum absolute atomic E-state index is 0.297. The van der Waals surface area contributed by atoms with Crippen LogP contribution in [-0.4, -0.2) is 68.3 Å². The Morgan fingerprint density at radius 3 is 2.54 bits per heavy atom. The van der Waals surface area contributed by atoms with Crippen molar-refractivity contribution in [2.75, 3.05) is 37.8 Å². The highest BCUT2D eigenvalue weighted by Crippen LogP contribution is 2.35. The van der Waals surface area contributed by atoms with E-state index >= 15 is 0 Å². The molecule has 1 aromatic carbocycles. The van der Waals surface area contributed by atoms with Gasteiger partial charge < -0.3 is 20.5 Å². The molecule has 0 amide bonds. The monoisotopic (exact) mass is 549 g/mol. The fourth-order valence-corrected chi connectivity index (χ4v) is 4.95. The number of halogens is 1. The number of rotatable bonds is 9. The van der Waals surface area contributed by atoms with Crippen LogP contribution in [0, 0.1) is 5.82 Å². The minimum atomic E-state index is -0.297. The van der Waals surface area contributed by atoms with Crippen LogP contribution in [0.2, 0.25) is 0 Å². The second-order valence-electron chi connectivity index (χ2n) is 10.7. The van der Waals surface area contributed by atoms with Crippen molar-refractivity contribution in [3.05, 3.63) is 73.1 Å². The number of nitrogens with zero attached hydrogens (tertiary/aromatic N) is 5. The molecule has 0 aliphatic heterocycles. The van der Waals surface area contributed by atoms with Crippen LogP contribution < -0.4 is 10.6 Å². The van der Waals surface area contributed by atoms with Crippen LogP contribution in [-0.2, 0) is 0 Å². The fraction of sp³-hybridized carbons (Fsp3) is 0.226. The van der Waals surface area contributed by atoms with Crippen molar-refractivity contribution in [1.29, 1.82) is 0 Å². The Morgan fingerprint density at radius 2 is 1.71 bits per heavy atom. The smallest absolute Gasteiger partial charge is 0.155 e. The Morgan fingerprint density at radius 1 is 0.878 bits per heavy atom. The quantitative estimate of drug-likeness (QED) is 0.171. The Bertz CT molecular complexity index is 1840. The molecule has 208 valence electrons. The lowest BCUT2D eigenvalue weighted by molar-refractivity contribution is 0.425. The summed E-state index contributed by atoms with van der Waals surface area (Å²) in [4.78, 5) is 19.1. The highest BCUT2D eigenvalue weighted by atomic mass is 19.1. The molecule has 0 saturated heterocycles. The Balaban J connectivity index is 1.37. The van der Waals surface area contributed by atoms with Gasteiger partial charge in [0.15, 0.2) is 5.65 Å². The van der Waals surface area contributed by atoms with Crippen LogP contribution in [0.4, 0.5) is 15.8 Å². The molecule has 5 heterocycles. The fourth-order valence-electron chi connectivity index (χ4n) is 4.95. The molecule has 0 spiro atoms. The van der Waals surface area contributed by atoms with E-state index in [0.717, 1.165) is 62.3 Å². The number of pyridine rings is 3. The molecule has 9 nitrogen and oxygen atoms in total. The van der Waals surface area contributed by atoms with Crippen molar-refractivity contribution in [1.82, 2.24) is 35.0 Å². The lowest BCUT2D eigenvalue weighted by Crippen LogP contribution is -2.20. The number of hydrogen-bond donors (Lipinski definition) is 4. The molecule has 4 N–H and O–H groups in total. The molecule has 6 aromatic rings. The van der Waals surface area contributed by atoms with E-state index in [0.29, 0.717) is 23.9 Å². The molecule has 0 fully saturated rings. The highest BCUT2D eigenvalue weighted by Gasteiger charge is 2.16. The molecule has 0 aliphatic carbocycles. The van der Waals surface area contributed by atoms with Crippen LogP contribution in [0.1, 0.15) is 13.8 Å². The molecule has 0 aliphatic rings. The van der Waals surface area contributed by atoms with E-state index in [-0.39, 0.29) is 5.82 Å². The van der Waals surface area contributed by atoms with Crippen LogP contribution in [0.5, 0.6) is 0 Å². The minimum Gasteiger partial charge on any atom is -0.384 e. The third-order valence-electron chi connectivity index (χ3n) is 6.83. The van der Waals surface area contributed by atoms with Gasteiger partial charge in [-0.3, -0.25) is 10.1 Å². The largest absolute Gasteiger partial charge is 0.384 e. The molecular weight excluding hydrogens is 517 g/mol. The standard InChI is InChI=1S/C31H32FN9/c1-18(2)37-24-11-20(15-33-17-24)21-12-27-29(39-40-31(27)36-16-21)28-14-26-25(5-6-35-30(26)38-28)19-9-22(32)13-23(10-19)34-7-8-41(3)4/h5-6,9-18,34,37H,7-8H2,1-4H3,(H,35,38)(H,36,39,40). The number of nitrogens with one attached hydrogen (secondary N) is 4. The Kier molecular flexibility index (Phi) is 7.07. The van der Waals surface area contributed by atoms with Crippen molar-refractivity contribution in [2.45, 2.75) is 19.9 Å². The van der Waals surface area contributed by atoms with E-state index in [9.17, 15) is 4.39 Å². The van der Waals surface area contributed by atoms with E-state index in [1.807, 2.05) is 50.9 Å². The first-order valence-corrected chi connectivity index (χ1v) is 13.6. The van der Waals surface area contributed by atoms with E-state index in [1.165, 1.54) is 6.07 Å². The van der Waals surface area contributed by atoms with Crippen molar-refractivity contribution in [3.8, 4) is 33.6 Å². The van der Waals surface area contributed by atoms with Gasteiger partial charge in [0.25, 0.3) is 0 Å². The SMILES string of the molecule is CC(C)Nc1cncc(-c2cnc3[nH]nc(-c4cc5c(-c6cc(F)cc(NCCN(C)C)c6)ccnc5[nH]4)c3c2)c1. The molecule has 41 heavy (non-hydrogen) atoms. The van der Waals surface area contributed by atoms with Gasteiger partial charge >= 0.3 is 0 Å². The zero-order valence-corrected chi connectivity index (χ0v) is 23.5. The van der Waals surface area contributed by atoms with Crippen molar-refractivity contribution in [3.63, 3.8) is 0 Å². The number of aromatic amines is 2. The van der Waals surface area contributed by atoms with Gasteiger partial charge in [0, 0.05) is 71.5 Å². The number of aromatic nitrogens is 6. The second-order valence-corrected chi connectivity index (χ2v) is 10.7. The van der Waals surface area contributed by atoms with Crippen molar-refractivity contribution >= 4 is 33.4 Å². The van der Waals surface area contributed by atoms with Gasteiger partial charge in [0.2, 0.25) is 0 Å². The zero-order valence-electron chi connectivity index (χ0n) is 23.5. The zero-order chi connectivity index (χ0) is 28.5. The van der Waals surface area contributed by atoms with Gasteiger partial charge in [-0.2, -0.15) is 5.10 Å². The Labute approximate surface area is 237 Å². The van der Waals surface area contributed by atoms with Gasteiger partial charge in [-0.25, -0.2) is 14.4 Å².